The maximum atomic E-state index is 12.4. The van der Waals surface area contributed by atoms with E-state index in [0.717, 1.165) is 28.6 Å². The maximum absolute atomic E-state index is 12.4. The number of ether oxygens (including phenoxy) is 1. The Labute approximate surface area is 161 Å². The van der Waals surface area contributed by atoms with Crippen LogP contribution < -0.4 is 0 Å². The van der Waals surface area contributed by atoms with Gasteiger partial charge in [0.1, 0.15) is 5.01 Å². The summed E-state index contributed by atoms with van der Waals surface area (Å²) in [7, 11) is 0. The first-order valence-corrected chi connectivity index (χ1v) is 9.59. The highest BCUT2D eigenvalue weighted by Gasteiger charge is 2.17. The lowest BCUT2D eigenvalue weighted by molar-refractivity contribution is -0.141. The molecule has 0 radical (unpaired) electrons. The zero-order valence-electron chi connectivity index (χ0n) is 15.6. The lowest BCUT2D eigenvalue weighted by atomic mass is 10.1. The van der Waals surface area contributed by atoms with Gasteiger partial charge in [0, 0.05) is 35.1 Å². The third kappa shape index (κ3) is 4.31. The first-order valence-electron chi connectivity index (χ1n) is 8.71. The molecule has 0 amide bonds. The minimum absolute atomic E-state index is 0.0323. The van der Waals surface area contributed by atoms with Crippen molar-refractivity contribution in [1.29, 1.82) is 0 Å². The molecule has 3 aromatic rings. The molecule has 3 aromatic heterocycles. The van der Waals surface area contributed by atoms with E-state index in [1.807, 2.05) is 50.4 Å². The Bertz CT molecular complexity index is 960. The van der Waals surface area contributed by atoms with Gasteiger partial charge in [-0.15, -0.1) is 11.3 Å². The highest BCUT2D eigenvalue weighted by atomic mass is 32.1. The second kappa shape index (κ2) is 8.26. The molecule has 0 spiro atoms. The minimum atomic E-state index is -0.467. The Morgan fingerprint density at radius 1 is 1.26 bits per heavy atom. The lowest BCUT2D eigenvalue weighted by Crippen LogP contribution is -2.16. The van der Waals surface area contributed by atoms with Gasteiger partial charge in [-0.1, -0.05) is 6.07 Å². The molecule has 3 rings (SSSR count). The van der Waals surface area contributed by atoms with E-state index in [4.69, 9.17) is 4.74 Å². The minimum Gasteiger partial charge on any atom is -0.457 e. The summed E-state index contributed by atoms with van der Waals surface area (Å²) in [5.41, 5.74) is 3.91. The molecule has 27 heavy (non-hydrogen) atoms. The van der Waals surface area contributed by atoms with Crippen molar-refractivity contribution in [2.24, 2.45) is 0 Å². The summed E-state index contributed by atoms with van der Waals surface area (Å²) in [6, 6.07) is 7.43. The van der Waals surface area contributed by atoms with Crippen LogP contribution >= 0.6 is 11.3 Å². The fourth-order valence-corrected chi connectivity index (χ4v) is 3.78. The van der Waals surface area contributed by atoms with Crippen molar-refractivity contribution in [1.82, 2.24) is 14.5 Å². The van der Waals surface area contributed by atoms with Crippen LogP contribution in [0.25, 0.3) is 10.7 Å². The van der Waals surface area contributed by atoms with Gasteiger partial charge in [-0.25, -0.2) is 4.98 Å². The largest absolute Gasteiger partial charge is 0.457 e. The molecule has 0 fully saturated rings. The van der Waals surface area contributed by atoms with E-state index < -0.39 is 5.97 Å². The van der Waals surface area contributed by atoms with Crippen LogP contribution in [-0.4, -0.2) is 32.9 Å². The Morgan fingerprint density at radius 2 is 2.07 bits per heavy atom. The molecule has 0 unspecified atom stereocenters. The molecule has 140 valence electrons. The molecule has 0 aliphatic rings. The second-order valence-corrected chi connectivity index (χ2v) is 7.01. The smallest absolute Gasteiger partial charge is 0.312 e. The molecule has 0 saturated heterocycles. The molecule has 0 aliphatic carbocycles. The number of hydrogen-bond donors (Lipinski definition) is 0. The number of carbonyl (C=O) groups is 2. The number of hydrogen-bond acceptors (Lipinski definition) is 6. The molecule has 0 bridgehead atoms. The van der Waals surface area contributed by atoms with E-state index in [1.165, 1.54) is 11.3 Å². The molecule has 3 heterocycles. The predicted octanol–water partition coefficient (Wildman–Crippen LogP) is 3.61. The topological polar surface area (TPSA) is 74.1 Å². The summed E-state index contributed by atoms with van der Waals surface area (Å²) >= 11 is 1.42. The van der Waals surface area contributed by atoms with Gasteiger partial charge in [-0.05, 0) is 39.0 Å². The van der Waals surface area contributed by atoms with Crippen molar-refractivity contribution in [3.63, 3.8) is 0 Å². The quantitative estimate of drug-likeness (QED) is 0.460. The average molecular weight is 383 g/mol. The van der Waals surface area contributed by atoms with Crippen molar-refractivity contribution in [3.8, 4) is 10.7 Å². The summed E-state index contributed by atoms with van der Waals surface area (Å²) in [4.78, 5) is 33.1. The average Bonchev–Trinajstić information content (AvgIpc) is 3.24. The summed E-state index contributed by atoms with van der Waals surface area (Å²) in [6.07, 6.45) is 1.73. The van der Waals surface area contributed by atoms with Crippen molar-refractivity contribution in [3.05, 3.63) is 58.5 Å². The van der Waals surface area contributed by atoms with Gasteiger partial charge in [0.05, 0.1) is 17.8 Å². The van der Waals surface area contributed by atoms with Crippen LogP contribution in [0, 0.1) is 13.8 Å². The normalized spacial score (nSPS) is 10.8. The molecule has 0 aliphatic heterocycles. The summed E-state index contributed by atoms with van der Waals surface area (Å²) in [5.74, 6) is -0.658. The van der Waals surface area contributed by atoms with Crippen LogP contribution in [0.15, 0.2) is 35.8 Å². The molecule has 0 atom stereocenters. The predicted molar refractivity (Wildman–Crippen MR) is 104 cm³/mol. The maximum Gasteiger partial charge on any atom is 0.312 e. The zero-order chi connectivity index (χ0) is 19.4. The van der Waals surface area contributed by atoms with Crippen molar-refractivity contribution >= 4 is 23.1 Å². The number of esters is 1. The van der Waals surface area contributed by atoms with Crippen molar-refractivity contribution in [2.75, 3.05) is 6.61 Å². The van der Waals surface area contributed by atoms with Gasteiger partial charge < -0.3 is 9.30 Å². The number of carbonyl (C=O) groups excluding carboxylic acids is 2. The van der Waals surface area contributed by atoms with E-state index in [-0.39, 0.29) is 18.8 Å². The van der Waals surface area contributed by atoms with E-state index in [0.29, 0.717) is 11.3 Å². The third-order valence-corrected chi connectivity index (χ3v) is 5.23. The highest BCUT2D eigenvalue weighted by Crippen LogP contribution is 2.21. The van der Waals surface area contributed by atoms with E-state index in [1.54, 1.807) is 6.20 Å². The number of thiazole rings is 1. The number of rotatable bonds is 7. The van der Waals surface area contributed by atoms with Gasteiger partial charge in [-0.2, -0.15) is 0 Å². The van der Waals surface area contributed by atoms with Crippen LogP contribution in [0.3, 0.4) is 0 Å². The molecular weight excluding hydrogens is 362 g/mol. The fraction of sp³-hybridized carbons (Fsp3) is 0.300. The van der Waals surface area contributed by atoms with Crippen molar-refractivity contribution < 1.29 is 14.3 Å². The number of pyridine rings is 1. The first kappa shape index (κ1) is 19.0. The molecular formula is C20H21N3O3S. The molecule has 0 aromatic carbocycles. The lowest BCUT2D eigenvalue weighted by Gasteiger charge is -2.06. The van der Waals surface area contributed by atoms with Crippen LogP contribution in [0.2, 0.25) is 0 Å². The summed E-state index contributed by atoms with van der Waals surface area (Å²) < 4.78 is 7.23. The standard InChI is InChI=1S/C20H21N3O3S/c1-4-23-13(2)9-16(14(23)3)18(24)11-26-19(25)10-15-12-27-20(22-15)17-7-5-6-8-21-17/h5-9,12H,4,10-11H2,1-3H3. The number of nitrogens with zero attached hydrogens (tertiary/aromatic N) is 3. The summed E-state index contributed by atoms with van der Waals surface area (Å²) in [5, 5.41) is 2.56. The number of aryl methyl sites for hydroxylation is 1. The van der Waals surface area contributed by atoms with E-state index >= 15 is 0 Å². The van der Waals surface area contributed by atoms with Gasteiger partial charge in [0.2, 0.25) is 5.78 Å². The third-order valence-electron chi connectivity index (χ3n) is 4.32. The van der Waals surface area contributed by atoms with Crippen molar-refractivity contribution in [2.45, 2.75) is 33.7 Å². The Kier molecular flexibility index (Phi) is 5.81. The molecule has 0 N–H and O–H groups in total. The summed E-state index contributed by atoms with van der Waals surface area (Å²) in [6.45, 7) is 6.43. The highest BCUT2D eigenvalue weighted by molar-refractivity contribution is 7.13. The van der Waals surface area contributed by atoms with Crippen LogP contribution in [-0.2, 0) is 22.5 Å². The van der Waals surface area contributed by atoms with Gasteiger partial charge in [0.25, 0.3) is 0 Å². The fourth-order valence-electron chi connectivity index (χ4n) is 2.99. The first-order chi connectivity index (χ1) is 13.0. The number of ketones is 1. The second-order valence-electron chi connectivity index (χ2n) is 6.15. The zero-order valence-corrected chi connectivity index (χ0v) is 16.4. The number of aromatic nitrogens is 3. The monoisotopic (exact) mass is 383 g/mol. The molecule has 6 nitrogen and oxygen atoms in total. The Hall–Kier alpha value is -2.80. The van der Waals surface area contributed by atoms with Crippen LogP contribution in [0.4, 0.5) is 0 Å². The Morgan fingerprint density at radius 3 is 2.74 bits per heavy atom. The van der Waals surface area contributed by atoms with Gasteiger partial charge in [0.15, 0.2) is 6.61 Å². The van der Waals surface area contributed by atoms with Crippen LogP contribution in [0.1, 0.15) is 34.4 Å². The van der Waals surface area contributed by atoms with E-state index in [2.05, 4.69) is 14.5 Å². The Balaban J connectivity index is 1.57. The molecule has 0 saturated carbocycles. The van der Waals surface area contributed by atoms with E-state index in [9.17, 15) is 9.59 Å². The van der Waals surface area contributed by atoms with Gasteiger partial charge in [-0.3, -0.25) is 14.6 Å². The van der Waals surface area contributed by atoms with Crippen LogP contribution in [0.5, 0.6) is 0 Å². The SMILES string of the molecule is CCn1c(C)cc(C(=O)COC(=O)Cc2csc(-c3ccccn3)n2)c1C. The number of Topliss-reactive ketones (excluding diaryl/α,β-unsaturated/α-hetero) is 1. The molecule has 7 heteroatoms. The van der Waals surface area contributed by atoms with Gasteiger partial charge >= 0.3 is 5.97 Å².